The van der Waals surface area contributed by atoms with Crippen LogP contribution in [0.25, 0.3) is 0 Å². The Morgan fingerprint density at radius 2 is 1.76 bits per heavy atom. The van der Waals surface area contributed by atoms with Gasteiger partial charge in [0.1, 0.15) is 18.1 Å². The van der Waals surface area contributed by atoms with Crippen LogP contribution in [0.15, 0.2) is 75.3 Å². The van der Waals surface area contributed by atoms with Crippen LogP contribution >= 0.6 is 0 Å². The van der Waals surface area contributed by atoms with E-state index in [2.05, 4.69) is 10.5 Å². The van der Waals surface area contributed by atoms with E-state index in [1.165, 1.54) is 64.1 Å². The van der Waals surface area contributed by atoms with Crippen molar-refractivity contribution in [1.82, 2.24) is 5.43 Å². The summed E-state index contributed by atoms with van der Waals surface area (Å²) in [6.45, 7) is -0.529. The number of furan rings is 1. The van der Waals surface area contributed by atoms with Gasteiger partial charge in [-0.05, 0) is 48.5 Å². The largest absolute Gasteiger partial charge is 0.497 e. The van der Waals surface area contributed by atoms with E-state index in [1.54, 1.807) is 24.3 Å². The van der Waals surface area contributed by atoms with E-state index >= 15 is 0 Å². The molecule has 0 aliphatic rings. The molecule has 3 aromatic rings. The first-order valence-electron chi connectivity index (χ1n) is 9.63. The molecule has 0 saturated carbocycles. The Morgan fingerprint density at radius 1 is 1.03 bits per heavy atom. The lowest BCUT2D eigenvalue weighted by Crippen LogP contribution is -2.39. The average Bonchev–Trinajstić information content (AvgIpc) is 3.35. The third-order valence-electron chi connectivity index (χ3n) is 4.51. The van der Waals surface area contributed by atoms with Crippen molar-refractivity contribution >= 4 is 27.8 Å². The lowest BCUT2D eigenvalue weighted by atomic mass is 10.3. The van der Waals surface area contributed by atoms with Crippen molar-refractivity contribution in [3.05, 3.63) is 66.6 Å². The molecule has 3 rings (SSSR count). The number of benzene rings is 2. The lowest BCUT2D eigenvalue weighted by Gasteiger charge is -2.24. The number of rotatable bonds is 10. The molecule has 1 N–H and O–H groups in total. The van der Waals surface area contributed by atoms with Crippen LogP contribution in [0.5, 0.6) is 17.2 Å². The van der Waals surface area contributed by atoms with Crippen molar-refractivity contribution in [3.8, 4) is 17.2 Å². The average molecular weight is 474 g/mol. The van der Waals surface area contributed by atoms with Crippen molar-refractivity contribution in [1.29, 1.82) is 0 Å². The van der Waals surface area contributed by atoms with Crippen molar-refractivity contribution in [2.24, 2.45) is 5.10 Å². The SMILES string of the molecule is COc1ccc(N(CC(=O)N/N=C\c2ccco2)S(=O)(=O)c2ccc(OC)c(OC)c2)cc1. The summed E-state index contributed by atoms with van der Waals surface area (Å²) >= 11 is 0. The minimum Gasteiger partial charge on any atom is -0.497 e. The second kappa shape index (κ2) is 10.6. The van der Waals surface area contributed by atoms with Gasteiger partial charge in [-0.25, -0.2) is 13.8 Å². The van der Waals surface area contributed by atoms with E-state index < -0.39 is 22.5 Å². The van der Waals surface area contributed by atoms with Crippen LogP contribution in [0.1, 0.15) is 5.76 Å². The summed E-state index contributed by atoms with van der Waals surface area (Å²) in [7, 11) is 0.179. The van der Waals surface area contributed by atoms with Crippen LogP contribution < -0.4 is 23.9 Å². The molecule has 1 heterocycles. The summed E-state index contributed by atoms with van der Waals surface area (Å²) in [5.41, 5.74) is 2.56. The summed E-state index contributed by atoms with van der Waals surface area (Å²) in [6, 6.07) is 13.8. The molecule has 0 bridgehead atoms. The van der Waals surface area contributed by atoms with E-state index in [0.29, 0.717) is 17.3 Å². The third kappa shape index (κ3) is 5.63. The number of carbonyl (C=O) groups is 1. The maximum Gasteiger partial charge on any atom is 0.264 e. The molecule has 0 spiro atoms. The molecule has 174 valence electrons. The molecule has 0 unspecified atom stereocenters. The van der Waals surface area contributed by atoms with Crippen molar-refractivity contribution in [3.63, 3.8) is 0 Å². The zero-order valence-electron chi connectivity index (χ0n) is 18.2. The molecule has 10 nitrogen and oxygen atoms in total. The highest BCUT2D eigenvalue weighted by molar-refractivity contribution is 7.92. The smallest absolute Gasteiger partial charge is 0.264 e. The van der Waals surface area contributed by atoms with Crippen LogP contribution in [0, 0.1) is 0 Å². The number of hydrogen-bond donors (Lipinski definition) is 1. The number of methoxy groups -OCH3 is 3. The molecule has 0 aliphatic carbocycles. The molecule has 1 aromatic heterocycles. The fourth-order valence-electron chi connectivity index (χ4n) is 2.87. The first-order chi connectivity index (χ1) is 15.9. The Hall–Kier alpha value is -3.99. The van der Waals surface area contributed by atoms with Gasteiger partial charge < -0.3 is 18.6 Å². The molecule has 0 aliphatic heterocycles. The monoisotopic (exact) mass is 473 g/mol. The second-order valence-corrected chi connectivity index (χ2v) is 8.40. The number of carbonyl (C=O) groups excluding carboxylic acids is 1. The Bertz CT molecular complexity index is 1210. The highest BCUT2D eigenvalue weighted by atomic mass is 32.2. The third-order valence-corrected chi connectivity index (χ3v) is 6.28. The van der Waals surface area contributed by atoms with Crippen LogP contribution in [-0.2, 0) is 14.8 Å². The summed E-state index contributed by atoms with van der Waals surface area (Å²) < 4.78 is 48.6. The Labute approximate surface area is 191 Å². The van der Waals surface area contributed by atoms with Gasteiger partial charge in [0, 0.05) is 6.07 Å². The number of sulfonamides is 1. The fraction of sp³-hybridized carbons (Fsp3) is 0.182. The second-order valence-electron chi connectivity index (χ2n) is 6.54. The molecule has 0 saturated heterocycles. The van der Waals surface area contributed by atoms with Gasteiger partial charge in [-0.3, -0.25) is 9.10 Å². The van der Waals surface area contributed by atoms with Gasteiger partial charge in [0.25, 0.3) is 15.9 Å². The van der Waals surface area contributed by atoms with Gasteiger partial charge in [0.05, 0.1) is 44.4 Å². The minimum atomic E-state index is -4.17. The number of amides is 1. The number of anilines is 1. The molecule has 0 atom stereocenters. The standard InChI is InChI=1S/C22H23N3O7S/c1-29-17-8-6-16(7-9-17)25(15-22(26)24-23-14-18-5-4-12-32-18)33(27,28)19-10-11-20(30-2)21(13-19)31-3/h4-14H,15H2,1-3H3,(H,24,26)/b23-14-. The van der Waals surface area contributed by atoms with Crippen molar-refractivity contribution in [2.75, 3.05) is 32.2 Å². The van der Waals surface area contributed by atoms with Crippen LogP contribution in [-0.4, -0.2) is 48.4 Å². The van der Waals surface area contributed by atoms with Gasteiger partial charge in [-0.15, -0.1) is 0 Å². The Kier molecular flexibility index (Phi) is 7.57. The van der Waals surface area contributed by atoms with Gasteiger partial charge in [-0.1, -0.05) is 0 Å². The van der Waals surface area contributed by atoms with E-state index in [1.807, 2.05) is 0 Å². The van der Waals surface area contributed by atoms with Crippen LogP contribution in [0.2, 0.25) is 0 Å². The first-order valence-corrected chi connectivity index (χ1v) is 11.1. The highest BCUT2D eigenvalue weighted by Crippen LogP contribution is 2.32. The molecule has 2 aromatic carbocycles. The summed E-state index contributed by atoms with van der Waals surface area (Å²) in [5.74, 6) is 0.922. The van der Waals surface area contributed by atoms with E-state index in [0.717, 1.165) is 4.31 Å². The van der Waals surface area contributed by atoms with Crippen LogP contribution in [0.4, 0.5) is 5.69 Å². The summed E-state index contributed by atoms with van der Waals surface area (Å²) in [5, 5.41) is 3.80. The predicted molar refractivity (Wildman–Crippen MR) is 122 cm³/mol. The number of nitrogens with one attached hydrogen (secondary N) is 1. The maximum atomic E-state index is 13.5. The van der Waals surface area contributed by atoms with E-state index in [-0.39, 0.29) is 16.3 Å². The molecule has 1 amide bonds. The topological polar surface area (TPSA) is 120 Å². The number of nitrogens with zero attached hydrogens (tertiary/aromatic N) is 2. The van der Waals surface area contributed by atoms with Crippen molar-refractivity contribution in [2.45, 2.75) is 4.90 Å². The summed E-state index contributed by atoms with van der Waals surface area (Å²) in [6.07, 6.45) is 2.77. The summed E-state index contributed by atoms with van der Waals surface area (Å²) in [4.78, 5) is 12.5. The zero-order chi connectivity index (χ0) is 23.8. The predicted octanol–water partition coefficient (Wildman–Crippen LogP) is 2.65. The highest BCUT2D eigenvalue weighted by Gasteiger charge is 2.28. The number of ether oxygens (including phenoxy) is 3. The number of hydrogen-bond acceptors (Lipinski definition) is 8. The van der Waals surface area contributed by atoms with Crippen LogP contribution in [0.3, 0.4) is 0 Å². The van der Waals surface area contributed by atoms with Gasteiger partial charge >= 0.3 is 0 Å². The Morgan fingerprint density at radius 3 is 2.36 bits per heavy atom. The van der Waals surface area contributed by atoms with Gasteiger partial charge in [0.15, 0.2) is 11.5 Å². The lowest BCUT2D eigenvalue weighted by molar-refractivity contribution is -0.119. The van der Waals surface area contributed by atoms with Crippen molar-refractivity contribution < 1.29 is 31.8 Å². The number of hydrazone groups is 1. The molecule has 0 radical (unpaired) electrons. The van der Waals surface area contributed by atoms with Gasteiger partial charge in [0.2, 0.25) is 0 Å². The molecular formula is C22H23N3O7S. The zero-order valence-corrected chi connectivity index (χ0v) is 19.0. The normalized spacial score (nSPS) is 11.2. The molecular weight excluding hydrogens is 450 g/mol. The Balaban J connectivity index is 1.92. The van der Waals surface area contributed by atoms with E-state index in [4.69, 9.17) is 18.6 Å². The maximum absolute atomic E-state index is 13.5. The van der Waals surface area contributed by atoms with E-state index in [9.17, 15) is 13.2 Å². The molecule has 11 heteroatoms. The van der Waals surface area contributed by atoms with Gasteiger partial charge in [-0.2, -0.15) is 5.10 Å². The fourth-order valence-corrected chi connectivity index (χ4v) is 4.30. The first kappa shape index (κ1) is 23.7. The quantitative estimate of drug-likeness (QED) is 0.355. The molecule has 0 fully saturated rings. The minimum absolute atomic E-state index is 0.0807. The molecule has 33 heavy (non-hydrogen) atoms.